The van der Waals surface area contributed by atoms with Crippen molar-refractivity contribution in [2.75, 3.05) is 13.7 Å². The highest BCUT2D eigenvalue weighted by Gasteiger charge is 2.33. The van der Waals surface area contributed by atoms with Crippen molar-refractivity contribution in [1.82, 2.24) is 0 Å². The van der Waals surface area contributed by atoms with E-state index in [1.165, 1.54) is 42.4 Å². The zero-order valence-corrected chi connectivity index (χ0v) is 11.9. The number of hydrogen-bond donors (Lipinski definition) is 1. The molecule has 1 saturated carbocycles. The molecule has 2 N–H and O–H groups in total. The summed E-state index contributed by atoms with van der Waals surface area (Å²) in [4.78, 5) is 0. The molecular weight excluding hydrogens is 222 g/mol. The molecule has 1 aliphatic rings. The van der Waals surface area contributed by atoms with Gasteiger partial charge >= 0.3 is 0 Å². The Bertz CT molecular complexity index is 419. The van der Waals surface area contributed by atoms with Gasteiger partial charge in [0.25, 0.3) is 0 Å². The fourth-order valence-electron chi connectivity index (χ4n) is 3.25. The number of ether oxygens (including phenoxy) is 1. The Morgan fingerprint density at radius 2 is 1.83 bits per heavy atom. The number of methoxy groups -OCH3 is 1. The highest BCUT2D eigenvalue weighted by Crippen LogP contribution is 2.41. The van der Waals surface area contributed by atoms with Crippen LogP contribution in [0.1, 0.15) is 42.4 Å². The van der Waals surface area contributed by atoms with E-state index < -0.39 is 0 Å². The smallest absolute Gasteiger partial charge is 0.122 e. The predicted molar refractivity (Wildman–Crippen MR) is 76.1 cm³/mol. The minimum absolute atomic E-state index is 0.353. The van der Waals surface area contributed by atoms with E-state index in [0.717, 1.165) is 18.7 Å². The fraction of sp³-hybridized carbons (Fsp3) is 0.625. The molecule has 0 radical (unpaired) electrons. The average Bonchev–Trinajstić information content (AvgIpc) is 2.85. The van der Waals surface area contributed by atoms with Gasteiger partial charge in [0.15, 0.2) is 0 Å². The zero-order valence-electron chi connectivity index (χ0n) is 11.9. The first-order valence-corrected chi connectivity index (χ1v) is 6.95. The van der Waals surface area contributed by atoms with Crippen molar-refractivity contribution < 1.29 is 4.74 Å². The lowest BCUT2D eigenvalue weighted by Gasteiger charge is -2.28. The van der Waals surface area contributed by atoms with Gasteiger partial charge in [0, 0.05) is 0 Å². The third kappa shape index (κ3) is 2.39. The van der Waals surface area contributed by atoms with Crippen molar-refractivity contribution in [3.63, 3.8) is 0 Å². The Morgan fingerprint density at radius 1 is 1.17 bits per heavy atom. The van der Waals surface area contributed by atoms with Crippen LogP contribution in [-0.4, -0.2) is 13.7 Å². The predicted octanol–water partition coefficient (Wildman–Crippen LogP) is 3.37. The molecule has 1 fully saturated rings. The van der Waals surface area contributed by atoms with Gasteiger partial charge in [-0.1, -0.05) is 18.9 Å². The molecule has 0 unspecified atom stereocenters. The molecule has 1 aliphatic carbocycles. The van der Waals surface area contributed by atoms with Crippen molar-refractivity contribution in [3.05, 3.63) is 28.8 Å². The first-order chi connectivity index (χ1) is 8.62. The standard InChI is InChI=1S/C16H25NO/c1-12-13(2)15(18-3)7-6-14(12)10-16(11-17)8-4-5-9-16/h6-7H,4-5,8-11,17H2,1-3H3. The third-order valence-corrected chi connectivity index (χ3v) is 4.73. The lowest BCUT2D eigenvalue weighted by atomic mass is 9.78. The van der Waals surface area contributed by atoms with Crippen molar-refractivity contribution >= 4 is 0 Å². The summed E-state index contributed by atoms with van der Waals surface area (Å²) in [7, 11) is 1.74. The molecule has 0 atom stereocenters. The summed E-state index contributed by atoms with van der Waals surface area (Å²) in [5, 5.41) is 0. The molecule has 0 aromatic heterocycles. The Morgan fingerprint density at radius 3 is 2.39 bits per heavy atom. The Hall–Kier alpha value is -1.02. The molecule has 0 heterocycles. The fourth-order valence-corrected chi connectivity index (χ4v) is 3.25. The van der Waals surface area contributed by atoms with Crippen molar-refractivity contribution in [1.29, 1.82) is 0 Å². The largest absolute Gasteiger partial charge is 0.496 e. The zero-order chi connectivity index (χ0) is 13.2. The summed E-state index contributed by atoms with van der Waals surface area (Å²) in [5.74, 6) is 0.990. The Balaban J connectivity index is 2.26. The minimum Gasteiger partial charge on any atom is -0.496 e. The van der Waals surface area contributed by atoms with Crippen molar-refractivity contribution in [3.8, 4) is 5.75 Å². The van der Waals surface area contributed by atoms with Crippen LogP contribution in [0.4, 0.5) is 0 Å². The molecular formula is C16H25NO. The van der Waals surface area contributed by atoms with Crippen LogP contribution in [0.2, 0.25) is 0 Å². The summed E-state index contributed by atoms with van der Waals surface area (Å²) in [6.07, 6.45) is 6.37. The van der Waals surface area contributed by atoms with Crippen LogP contribution in [0.15, 0.2) is 12.1 Å². The molecule has 2 rings (SSSR count). The molecule has 2 nitrogen and oxygen atoms in total. The van der Waals surface area contributed by atoms with E-state index in [9.17, 15) is 0 Å². The molecule has 2 heteroatoms. The SMILES string of the molecule is COc1ccc(CC2(CN)CCCC2)c(C)c1C. The first kappa shape index (κ1) is 13.4. The number of nitrogens with two attached hydrogens (primary N) is 1. The lowest BCUT2D eigenvalue weighted by Crippen LogP contribution is -2.30. The summed E-state index contributed by atoms with van der Waals surface area (Å²) < 4.78 is 5.38. The van der Waals surface area contributed by atoms with Gasteiger partial charge in [0.1, 0.15) is 5.75 Å². The first-order valence-electron chi connectivity index (χ1n) is 6.95. The van der Waals surface area contributed by atoms with Gasteiger partial charge in [-0.3, -0.25) is 0 Å². The van der Waals surface area contributed by atoms with E-state index in [1.54, 1.807) is 7.11 Å². The lowest BCUT2D eigenvalue weighted by molar-refractivity contribution is 0.306. The average molecular weight is 247 g/mol. The highest BCUT2D eigenvalue weighted by atomic mass is 16.5. The number of rotatable bonds is 4. The quantitative estimate of drug-likeness (QED) is 0.885. The highest BCUT2D eigenvalue weighted by molar-refractivity contribution is 5.44. The van der Waals surface area contributed by atoms with Crippen LogP contribution in [0.25, 0.3) is 0 Å². The van der Waals surface area contributed by atoms with E-state index >= 15 is 0 Å². The second-order valence-electron chi connectivity index (χ2n) is 5.76. The molecule has 100 valence electrons. The normalized spacial score (nSPS) is 18.0. The molecule has 18 heavy (non-hydrogen) atoms. The van der Waals surface area contributed by atoms with Gasteiger partial charge in [-0.2, -0.15) is 0 Å². The molecule has 1 aromatic carbocycles. The minimum atomic E-state index is 0.353. The van der Waals surface area contributed by atoms with Gasteiger partial charge in [0.05, 0.1) is 7.11 Å². The summed E-state index contributed by atoms with van der Waals surface area (Å²) in [5.41, 5.74) is 10.5. The third-order valence-electron chi connectivity index (χ3n) is 4.73. The van der Waals surface area contributed by atoms with Gasteiger partial charge in [-0.05, 0) is 67.8 Å². The van der Waals surface area contributed by atoms with Crippen molar-refractivity contribution in [2.45, 2.75) is 46.0 Å². The molecule has 0 aliphatic heterocycles. The maximum absolute atomic E-state index is 6.04. The van der Waals surface area contributed by atoms with Crippen LogP contribution in [0.3, 0.4) is 0 Å². The monoisotopic (exact) mass is 247 g/mol. The number of hydrogen-bond acceptors (Lipinski definition) is 2. The van der Waals surface area contributed by atoms with Gasteiger partial charge < -0.3 is 10.5 Å². The maximum atomic E-state index is 6.04. The van der Waals surface area contributed by atoms with Gasteiger partial charge in [-0.25, -0.2) is 0 Å². The van der Waals surface area contributed by atoms with Gasteiger partial charge in [0.2, 0.25) is 0 Å². The van der Waals surface area contributed by atoms with E-state index in [0.29, 0.717) is 5.41 Å². The summed E-state index contributed by atoms with van der Waals surface area (Å²) in [6.45, 7) is 5.16. The van der Waals surface area contributed by atoms with E-state index in [-0.39, 0.29) is 0 Å². The number of benzene rings is 1. The molecule has 0 bridgehead atoms. The second-order valence-corrected chi connectivity index (χ2v) is 5.76. The Labute approximate surface area is 111 Å². The Kier molecular flexibility index (Phi) is 3.96. The topological polar surface area (TPSA) is 35.2 Å². The van der Waals surface area contributed by atoms with Gasteiger partial charge in [-0.15, -0.1) is 0 Å². The molecule has 0 amide bonds. The maximum Gasteiger partial charge on any atom is 0.122 e. The van der Waals surface area contributed by atoms with Crippen LogP contribution < -0.4 is 10.5 Å². The van der Waals surface area contributed by atoms with Crippen LogP contribution in [-0.2, 0) is 6.42 Å². The molecule has 0 spiro atoms. The van der Waals surface area contributed by atoms with E-state index in [1.807, 2.05) is 0 Å². The van der Waals surface area contributed by atoms with Crippen LogP contribution >= 0.6 is 0 Å². The molecule has 1 aromatic rings. The van der Waals surface area contributed by atoms with Crippen LogP contribution in [0.5, 0.6) is 5.75 Å². The molecule has 0 saturated heterocycles. The second kappa shape index (κ2) is 5.31. The van der Waals surface area contributed by atoms with E-state index in [2.05, 4.69) is 26.0 Å². The van der Waals surface area contributed by atoms with Crippen LogP contribution in [0, 0.1) is 19.3 Å². The summed E-state index contributed by atoms with van der Waals surface area (Å²) >= 11 is 0. The van der Waals surface area contributed by atoms with E-state index in [4.69, 9.17) is 10.5 Å². The van der Waals surface area contributed by atoms with Crippen molar-refractivity contribution in [2.24, 2.45) is 11.1 Å². The summed E-state index contributed by atoms with van der Waals surface area (Å²) in [6, 6.07) is 4.31.